The number of cyclic esters (lactones) is 2. The van der Waals surface area contributed by atoms with Crippen molar-refractivity contribution >= 4 is 11.9 Å². The van der Waals surface area contributed by atoms with Gasteiger partial charge in [-0.2, -0.15) is 0 Å². The van der Waals surface area contributed by atoms with E-state index in [4.69, 9.17) is 9.47 Å². The first kappa shape index (κ1) is 11.6. The van der Waals surface area contributed by atoms with Crippen molar-refractivity contribution in [3.05, 3.63) is 0 Å². The fourth-order valence-electron chi connectivity index (χ4n) is 6.72. The maximum Gasteiger partial charge on any atom is 0.315 e. The lowest BCUT2D eigenvalue weighted by Crippen LogP contribution is -2.53. The van der Waals surface area contributed by atoms with Crippen LogP contribution in [0.3, 0.4) is 0 Å². The third-order valence-electron chi connectivity index (χ3n) is 7.36. The number of hydrogen-bond acceptors (Lipinski definition) is 4. The molecule has 0 aromatic rings. The first-order chi connectivity index (χ1) is 9.69. The van der Waals surface area contributed by atoms with Crippen molar-refractivity contribution in [1.29, 1.82) is 0 Å². The minimum atomic E-state index is -0.258. The number of carbonyl (C=O) groups excluding carboxylic acids is 2. The minimum Gasteiger partial charge on any atom is -0.428 e. The smallest absolute Gasteiger partial charge is 0.315 e. The van der Waals surface area contributed by atoms with Crippen LogP contribution in [0.4, 0.5) is 0 Å². The van der Waals surface area contributed by atoms with Gasteiger partial charge in [-0.1, -0.05) is 0 Å². The molecule has 5 saturated carbocycles. The molecule has 108 valence electrons. The summed E-state index contributed by atoms with van der Waals surface area (Å²) >= 11 is 0. The highest BCUT2D eigenvalue weighted by molar-refractivity contribution is 5.85. The van der Waals surface area contributed by atoms with E-state index in [9.17, 15) is 9.59 Å². The van der Waals surface area contributed by atoms with Gasteiger partial charge in [0.25, 0.3) is 0 Å². The number of carbonyl (C=O) groups is 2. The van der Waals surface area contributed by atoms with Crippen LogP contribution < -0.4 is 0 Å². The van der Waals surface area contributed by atoms with Gasteiger partial charge in [-0.15, -0.1) is 0 Å². The van der Waals surface area contributed by atoms with Crippen LogP contribution in [-0.2, 0) is 19.1 Å². The van der Waals surface area contributed by atoms with Crippen molar-refractivity contribution in [2.45, 2.75) is 44.9 Å². The summed E-state index contributed by atoms with van der Waals surface area (Å²) in [5, 5.41) is 0. The molecule has 0 N–H and O–H groups in total. The summed E-state index contributed by atoms with van der Waals surface area (Å²) < 4.78 is 10.5. The average Bonchev–Trinajstić information content (AvgIpc) is 3.15. The molecule has 1 aliphatic heterocycles. The molecule has 6 aliphatic rings. The fourth-order valence-corrected chi connectivity index (χ4v) is 6.72. The van der Waals surface area contributed by atoms with Crippen molar-refractivity contribution in [2.24, 2.45) is 34.5 Å². The Bertz CT molecular complexity index is 507. The lowest BCUT2D eigenvalue weighted by molar-refractivity contribution is -0.170. The molecule has 0 aromatic heterocycles. The predicted octanol–water partition coefficient (Wildman–Crippen LogP) is 2.27. The van der Waals surface area contributed by atoms with E-state index in [1.54, 1.807) is 0 Å². The normalized spacial score (nSPS) is 55.8. The molecular formula is C16H20O4. The zero-order valence-electron chi connectivity index (χ0n) is 11.6. The number of rotatable bonds is 0. The number of fused-ring (bicyclic) bond motifs is 4. The Hall–Kier alpha value is -1.06. The third kappa shape index (κ3) is 1.05. The fraction of sp³-hybridized carbons (Fsp3) is 0.875. The molecule has 6 fully saturated rings. The van der Waals surface area contributed by atoms with Gasteiger partial charge >= 0.3 is 11.9 Å². The van der Waals surface area contributed by atoms with E-state index in [2.05, 4.69) is 0 Å². The molecule has 4 atom stereocenters. The van der Waals surface area contributed by atoms with Crippen LogP contribution in [0, 0.1) is 34.5 Å². The first-order valence-corrected chi connectivity index (χ1v) is 8.03. The van der Waals surface area contributed by atoms with Crippen LogP contribution in [0.15, 0.2) is 0 Å². The Morgan fingerprint density at radius 1 is 1.00 bits per heavy atom. The van der Waals surface area contributed by atoms with Gasteiger partial charge in [0.15, 0.2) is 0 Å². The van der Waals surface area contributed by atoms with Crippen LogP contribution in [0.2, 0.25) is 0 Å². The second-order valence-electron chi connectivity index (χ2n) is 7.59. The predicted molar refractivity (Wildman–Crippen MR) is 68.2 cm³/mol. The van der Waals surface area contributed by atoms with E-state index in [0.29, 0.717) is 17.8 Å². The summed E-state index contributed by atoms with van der Waals surface area (Å²) in [4.78, 5) is 24.9. The molecule has 0 aromatic carbocycles. The van der Waals surface area contributed by atoms with Gasteiger partial charge in [0.2, 0.25) is 6.79 Å². The van der Waals surface area contributed by atoms with Gasteiger partial charge in [0, 0.05) is 0 Å². The number of hydrogen-bond donors (Lipinski definition) is 0. The molecule has 0 radical (unpaired) electrons. The second-order valence-corrected chi connectivity index (χ2v) is 7.59. The van der Waals surface area contributed by atoms with Crippen LogP contribution in [0.1, 0.15) is 44.9 Å². The Morgan fingerprint density at radius 2 is 1.80 bits per heavy atom. The van der Waals surface area contributed by atoms with Gasteiger partial charge in [0.05, 0.1) is 11.3 Å². The first-order valence-electron chi connectivity index (χ1n) is 8.03. The topological polar surface area (TPSA) is 52.6 Å². The van der Waals surface area contributed by atoms with E-state index in [1.165, 1.54) is 25.7 Å². The SMILES string of the molecule is O=C1OCOC(=O)C23CCC1C1C4CCC(CC4)C12C3. The van der Waals surface area contributed by atoms with E-state index in [-0.39, 0.29) is 35.5 Å². The lowest BCUT2D eigenvalue weighted by Gasteiger charge is -2.55. The lowest BCUT2D eigenvalue weighted by atomic mass is 9.48. The van der Waals surface area contributed by atoms with Crippen molar-refractivity contribution in [2.75, 3.05) is 6.79 Å². The highest BCUT2D eigenvalue weighted by Gasteiger charge is 2.82. The summed E-state index contributed by atoms with van der Waals surface area (Å²) in [6.45, 7) is -0.173. The Labute approximate surface area is 118 Å². The molecule has 4 unspecified atom stereocenters. The molecule has 20 heavy (non-hydrogen) atoms. The Balaban J connectivity index is 1.68. The average molecular weight is 276 g/mol. The van der Waals surface area contributed by atoms with Crippen molar-refractivity contribution < 1.29 is 19.1 Å². The molecule has 2 spiro atoms. The highest BCUT2D eigenvalue weighted by Crippen LogP contribution is 2.83. The molecular weight excluding hydrogens is 256 g/mol. The summed E-state index contributed by atoms with van der Waals surface area (Å²) in [6, 6.07) is 0. The third-order valence-corrected chi connectivity index (χ3v) is 7.36. The van der Waals surface area contributed by atoms with Gasteiger partial charge in [-0.3, -0.25) is 9.59 Å². The van der Waals surface area contributed by atoms with Crippen LogP contribution in [0.5, 0.6) is 0 Å². The molecule has 4 nitrogen and oxygen atoms in total. The summed E-state index contributed by atoms with van der Waals surface area (Å²) in [6.07, 6.45) is 7.62. The van der Waals surface area contributed by atoms with E-state index in [0.717, 1.165) is 19.3 Å². The molecule has 0 amide bonds. The van der Waals surface area contributed by atoms with Gasteiger partial charge in [-0.25, -0.2) is 0 Å². The van der Waals surface area contributed by atoms with Crippen molar-refractivity contribution in [3.8, 4) is 0 Å². The molecule has 1 heterocycles. The van der Waals surface area contributed by atoms with E-state index >= 15 is 0 Å². The monoisotopic (exact) mass is 276 g/mol. The zero-order chi connectivity index (χ0) is 13.5. The largest absolute Gasteiger partial charge is 0.428 e. The van der Waals surface area contributed by atoms with E-state index < -0.39 is 0 Å². The Morgan fingerprint density at radius 3 is 2.60 bits per heavy atom. The van der Waals surface area contributed by atoms with Crippen LogP contribution in [0.25, 0.3) is 0 Å². The maximum absolute atomic E-state index is 12.6. The molecule has 5 aliphatic carbocycles. The standard InChI is InChI=1S/C16H20O4/c17-13-11-5-6-15(14(18)20-8-19-13)7-16(15)10-3-1-9(2-4-10)12(11)16/h9-12H,1-8H2. The highest BCUT2D eigenvalue weighted by atomic mass is 16.7. The maximum atomic E-state index is 12.6. The van der Waals surface area contributed by atoms with Gasteiger partial charge < -0.3 is 9.47 Å². The van der Waals surface area contributed by atoms with Crippen molar-refractivity contribution in [1.82, 2.24) is 0 Å². The Kier molecular flexibility index (Phi) is 1.97. The van der Waals surface area contributed by atoms with Crippen LogP contribution >= 0.6 is 0 Å². The summed E-state index contributed by atoms with van der Waals surface area (Å²) in [7, 11) is 0. The summed E-state index contributed by atoms with van der Waals surface area (Å²) in [5.74, 6) is 1.49. The second kappa shape index (κ2) is 3.40. The molecule has 4 bridgehead atoms. The number of ether oxygens (including phenoxy) is 2. The van der Waals surface area contributed by atoms with Gasteiger partial charge in [-0.05, 0) is 68.1 Å². The quantitative estimate of drug-likeness (QED) is 0.637. The zero-order valence-corrected chi connectivity index (χ0v) is 11.6. The minimum absolute atomic E-state index is 0.0215. The van der Waals surface area contributed by atoms with Crippen molar-refractivity contribution in [3.63, 3.8) is 0 Å². The van der Waals surface area contributed by atoms with Crippen LogP contribution in [-0.4, -0.2) is 18.7 Å². The summed E-state index contributed by atoms with van der Waals surface area (Å²) in [5.41, 5.74) is -0.163. The number of esters is 2. The molecule has 1 saturated heterocycles. The molecule has 4 heteroatoms. The van der Waals surface area contributed by atoms with Gasteiger partial charge in [0.1, 0.15) is 0 Å². The molecule has 6 rings (SSSR count). The van der Waals surface area contributed by atoms with E-state index in [1.807, 2.05) is 0 Å².